The second-order valence-electron chi connectivity index (χ2n) is 8.32. The van der Waals surface area contributed by atoms with Crippen LogP contribution in [0.5, 0.6) is 5.75 Å². The van der Waals surface area contributed by atoms with Crippen molar-refractivity contribution in [3.63, 3.8) is 0 Å². The SMILES string of the molecule is CCC(N)[C@]1(c2cc(F)cc(F)c2)CC[C@H](Oc2cc3cc[nH]c(=O)c3cc2F)CC1. The van der Waals surface area contributed by atoms with Crippen molar-refractivity contribution in [1.82, 2.24) is 4.98 Å². The summed E-state index contributed by atoms with van der Waals surface area (Å²) < 4.78 is 48.3. The van der Waals surface area contributed by atoms with E-state index in [4.69, 9.17) is 10.5 Å². The molecule has 0 aliphatic heterocycles. The molecule has 1 saturated carbocycles. The Morgan fingerprint density at radius 1 is 1.13 bits per heavy atom. The number of halogens is 3. The molecular formula is C24H25F3N2O2. The molecule has 1 aliphatic rings. The van der Waals surface area contributed by atoms with Gasteiger partial charge in [-0.2, -0.15) is 0 Å². The number of aromatic amines is 1. The molecule has 7 heteroatoms. The number of pyridine rings is 1. The predicted octanol–water partition coefficient (Wildman–Crippen LogP) is 4.94. The maximum absolute atomic E-state index is 14.6. The second kappa shape index (κ2) is 8.38. The van der Waals surface area contributed by atoms with Gasteiger partial charge in [-0.25, -0.2) is 13.2 Å². The summed E-state index contributed by atoms with van der Waals surface area (Å²) in [5, 5.41) is 0.852. The third-order valence-corrected chi connectivity index (χ3v) is 6.53. The van der Waals surface area contributed by atoms with Gasteiger partial charge in [0, 0.05) is 23.7 Å². The van der Waals surface area contributed by atoms with E-state index in [0.717, 1.165) is 6.07 Å². The van der Waals surface area contributed by atoms with E-state index in [9.17, 15) is 18.0 Å². The van der Waals surface area contributed by atoms with Crippen LogP contribution < -0.4 is 16.0 Å². The molecule has 0 radical (unpaired) electrons. The van der Waals surface area contributed by atoms with Crippen LogP contribution in [0.25, 0.3) is 10.8 Å². The van der Waals surface area contributed by atoms with E-state index >= 15 is 0 Å². The molecule has 4 rings (SSSR count). The molecule has 1 unspecified atom stereocenters. The maximum atomic E-state index is 14.6. The molecule has 1 aliphatic carbocycles. The van der Waals surface area contributed by atoms with Gasteiger partial charge in [0.2, 0.25) is 0 Å². The van der Waals surface area contributed by atoms with Gasteiger partial charge in [-0.15, -0.1) is 0 Å². The second-order valence-corrected chi connectivity index (χ2v) is 8.32. The number of nitrogens with two attached hydrogens (primary N) is 1. The van der Waals surface area contributed by atoms with E-state index in [1.54, 1.807) is 6.07 Å². The summed E-state index contributed by atoms with van der Waals surface area (Å²) >= 11 is 0. The number of H-pyrrole nitrogens is 1. The van der Waals surface area contributed by atoms with Crippen LogP contribution in [0.2, 0.25) is 0 Å². The molecule has 0 bridgehead atoms. The van der Waals surface area contributed by atoms with E-state index in [2.05, 4.69) is 4.98 Å². The fourth-order valence-corrected chi connectivity index (χ4v) is 4.79. The molecule has 2 aromatic carbocycles. The number of hydrogen-bond acceptors (Lipinski definition) is 3. The fourth-order valence-electron chi connectivity index (χ4n) is 4.79. The van der Waals surface area contributed by atoms with Crippen LogP contribution >= 0.6 is 0 Å². The van der Waals surface area contributed by atoms with Crippen molar-refractivity contribution >= 4 is 10.8 Å². The smallest absolute Gasteiger partial charge is 0.255 e. The zero-order valence-electron chi connectivity index (χ0n) is 17.3. The minimum atomic E-state index is -0.621. The summed E-state index contributed by atoms with van der Waals surface area (Å²) in [7, 11) is 0. The van der Waals surface area contributed by atoms with Gasteiger partial charge in [-0.1, -0.05) is 6.92 Å². The average Bonchev–Trinajstić information content (AvgIpc) is 2.74. The van der Waals surface area contributed by atoms with E-state index in [-0.39, 0.29) is 28.8 Å². The lowest BCUT2D eigenvalue weighted by molar-refractivity contribution is 0.0998. The van der Waals surface area contributed by atoms with Gasteiger partial charge in [0.15, 0.2) is 11.6 Å². The maximum Gasteiger partial charge on any atom is 0.255 e. The number of aromatic nitrogens is 1. The lowest BCUT2D eigenvalue weighted by Gasteiger charge is -2.44. The highest BCUT2D eigenvalue weighted by molar-refractivity contribution is 5.82. The zero-order valence-corrected chi connectivity index (χ0v) is 17.3. The number of hydrogen-bond donors (Lipinski definition) is 2. The van der Waals surface area contributed by atoms with E-state index in [1.807, 2.05) is 6.92 Å². The summed E-state index contributed by atoms with van der Waals surface area (Å²) in [4.78, 5) is 14.4. The van der Waals surface area contributed by atoms with Crippen LogP contribution in [-0.4, -0.2) is 17.1 Å². The number of fused-ring (bicyclic) bond motifs is 1. The Labute approximate surface area is 178 Å². The van der Waals surface area contributed by atoms with E-state index < -0.39 is 22.9 Å². The highest BCUT2D eigenvalue weighted by Crippen LogP contribution is 2.44. The van der Waals surface area contributed by atoms with Gasteiger partial charge in [-0.05, 0) is 73.4 Å². The third-order valence-electron chi connectivity index (χ3n) is 6.53. The first kappa shape index (κ1) is 21.4. The lowest BCUT2D eigenvalue weighted by Crippen LogP contribution is -2.49. The molecule has 1 fully saturated rings. The molecule has 1 aromatic heterocycles. The first-order valence-electron chi connectivity index (χ1n) is 10.5. The highest BCUT2D eigenvalue weighted by atomic mass is 19.1. The first-order valence-corrected chi connectivity index (χ1v) is 10.5. The molecule has 0 spiro atoms. The molecule has 3 aromatic rings. The minimum Gasteiger partial charge on any atom is -0.487 e. The summed E-state index contributed by atoms with van der Waals surface area (Å²) in [6.45, 7) is 1.96. The van der Waals surface area contributed by atoms with E-state index in [1.165, 1.54) is 30.5 Å². The van der Waals surface area contributed by atoms with Gasteiger partial charge in [-0.3, -0.25) is 4.79 Å². The lowest BCUT2D eigenvalue weighted by atomic mass is 9.64. The Morgan fingerprint density at radius 3 is 2.45 bits per heavy atom. The summed E-state index contributed by atoms with van der Waals surface area (Å²) in [6, 6.07) is 7.71. The Balaban J connectivity index is 1.57. The van der Waals surface area contributed by atoms with Crippen molar-refractivity contribution in [1.29, 1.82) is 0 Å². The van der Waals surface area contributed by atoms with Crippen molar-refractivity contribution < 1.29 is 17.9 Å². The van der Waals surface area contributed by atoms with Crippen molar-refractivity contribution in [3.05, 3.63) is 76.0 Å². The van der Waals surface area contributed by atoms with Crippen LogP contribution in [0, 0.1) is 17.5 Å². The Morgan fingerprint density at radius 2 is 1.81 bits per heavy atom. The molecule has 3 N–H and O–H groups in total. The Hall–Kier alpha value is -2.80. The molecule has 31 heavy (non-hydrogen) atoms. The van der Waals surface area contributed by atoms with Crippen LogP contribution in [0.4, 0.5) is 13.2 Å². The monoisotopic (exact) mass is 430 g/mol. The van der Waals surface area contributed by atoms with Crippen LogP contribution in [0.15, 0.2) is 47.4 Å². The van der Waals surface area contributed by atoms with Gasteiger partial charge < -0.3 is 15.5 Å². The molecule has 0 saturated heterocycles. The summed E-state index contributed by atoms with van der Waals surface area (Å²) in [5.74, 6) is -1.75. The largest absolute Gasteiger partial charge is 0.487 e. The standard InChI is InChI=1S/C24H25F3N2O2/c1-2-22(28)24(15-10-16(25)12-17(26)11-15)6-3-18(4-7-24)31-21-9-14-5-8-29-23(30)19(14)13-20(21)27/h5,8-13,18,22H,2-4,6-7,28H2,1H3,(H,29,30)/t18-,22?,24+. The topological polar surface area (TPSA) is 68.1 Å². The number of nitrogens with one attached hydrogen (secondary N) is 1. The van der Waals surface area contributed by atoms with Crippen LogP contribution in [0.3, 0.4) is 0 Å². The van der Waals surface area contributed by atoms with Crippen molar-refractivity contribution in [3.8, 4) is 5.75 Å². The Kier molecular flexibility index (Phi) is 5.79. The van der Waals surface area contributed by atoms with Crippen molar-refractivity contribution in [2.75, 3.05) is 0 Å². The van der Waals surface area contributed by atoms with Gasteiger partial charge >= 0.3 is 0 Å². The van der Waals surface area contributed by atoms with Gasteiger partial charge in [0.1, 0.15) is 11.6 Å². The number of ether oxygens (including phenoxy) is 1. The first-order chi connectivity index (χ1) is 14.8. The fraction of sp³-hybridized carbons (Fsp3) is 0.375. The van der Waals surface area contributed by atoms with E-state index in [0.29, 0.717) is 43.1 Å². The van der Waals surface area contributed by atoms with Crippen molar-refractivity contribution in [2.45, 2.75) is 56.6 Å². The molecule has 1 atom stereocenters. The molecule has 1 heterocycles. The predicted molar refractivity (Wildman–Crippen MR) is 114 cm³/mol. The Bertz CT molecular complexity index is 1130. The molecule has 164 valence electrons. The third kappa shape index (κ3) is 4.06. The molecule has 4 nitrogen and oxygen atoms in total. The van der Waals surface area contributed by atoms with Crippen LogP contribution in [0.1, 0.15) is 44.6 Å². The normalized spacial score (nSPS) is 22.4. The quantitative estimate of drug-likeness (QED) is 0.602. The minimum absolute atomic E-state index is 0.0900. The summed E-state index contributed by atoms with van der Waals surface area (Å²) in [5.41, 5.74) is 6.08. The van der Waals surface area contributed by atoms with Gasteiger partial charge in [0.25, 0.3) is 5.56 Å². The molecule has 0 amide bonds. The van der Waals surface area contributed by atoms with Crippen molar-refractivity contribution in [2.24, 2.45) is 5.73 Å². The van der Waals surface area contributed by atoms with Gasteiger partial charge in [0.05, 0.1) is 11.5 Å². The van der Waals surface area contributed by atoms with Crippen LogP contribution in [-0.2, 0) is 5.41 Å². The zero-order chi connectivity index (χ0) is 22.2. The highest BCUT2D eigenvalue weighted by Gasteiger charge is 2.42. The molecular weight excluding hydrogens is 405 g/mol. The number of benzene rings is 2. The average molecular weight is 430 g/mol. The summed E-state index contributed by atoms with van der Waals surface area (Å²) in [6.07, 6.45) is 4.19. The number of rotatable bonds is 5.